The first-order valence-corrected chi connectivity index (χ1v) is 4.62. The number of ether oxygens (including phenoxy) is 1. The minimum absolute atomic E-state index is 0.0288. The van der Waals surface area contributed by atoms with Crippen molar-refractivity contribution in [3.8, 4) is 0 Å². The number of carbonyl (C=O) groups excluding carboxylic acids is 1. The lowest BCUT2D eigenvalue weighted by Gasteiger charge is -1.96. The van der Waals surface area contributed by atoms with Crippen molar-refractivity contribution in [1.29, 1.82) is 0 Å². The van der Waals surface area contributed by atoms with E-state index in [2.05, 4.69) is 9.97 Å². The summed E-state index contributed by atoms with van der Waals surface area (Å²) in [5, 5.41) is 0. The molecule has 1 aliphatic rings. The van der Waals surface area contributed by atoms with Gasteiger partial charge in [0.15, 0.2) is 5.78 Å². The highest BCUT2D eigenvalue weighted by molar-refractivity contribution is 6.02. The van der Waals surface area contributed by atoms with Crippen LogP contribution >= 0.6 is 0 Å². The van der Waals surface area contributed by atoms with Gasteiger partial charge in [0.2, 0.25) is 0 Å². The molecule has 2 heterocycles. The molecule has 15 heavy (non-hydrogen) atoms. The summed E-state index contributed by atoms with van der Waals surface area (Å²) >= 11 is 0. The van der Waals surface area contributed by atoms with Crippen molar-refractivity contribution in [1.82, 2.24) is 9.97 Å². The molecule has 0 saturated carbocycles. The molecule has 1 aromatic carbocycles. The summed E-state index contributed by atoms with van der Waals surface area (Å²) in [5.74, 6) is -0.0288. The van der Waals surface area contributed by atoms with Crippen LogP contribution in [0.1, 0.15) is 10.4 Å². The van der Waals surface area contributed by atoms with E-state index in [9.17, 15) is 9.59 Å². The van der Waals surface area contributed by atoms with Crippen LogP contribution in [0.25, 0.3) is 11.0 Å². The smallest absolute Gasteiger partial charge is 0.323 e. The van der Waals surface area contributed by atoms with Gasteiger partial charge in [0.05, 0.1) is 17.6 Å². The van der Waals surface area contributed by atoms with Gasteiger partial charge >= 0.3 is 5.69 Å². The van der Waals surface area contributed by atoms with Crippen LogP contribution in [0.5, 0.6) is 0 Å². The second kappa shape index (κ2) is 2.80. The third-order valence-corrected chi connectivity index (χ3v) is 2.43. The molecule has 0 radical (unpaired) electrons. The van der Waals surface area contributed by atoms with Crippen LogP contribution in [0, 0.1) is 0 Å². The van der Waals surface area contributed by atoms with Crippen molar-refractivity contribution in [2.75, 3.05) is 6.61 Å². The highest BCUT2D eigenvalue weighted by atomic mass is 16.6. The Balaban J connectivity index is 2.12. The van der Waals surface area contributed by atoms with Gasteiger partial charge < -0.3 is 14.7 Å². The number of fused-ring (bicyclic) bond motifs is 1. The molecule has 3 rings (SSSR count). The van der Waals surface area contributed by atoms with Gasteiger partial charge in [-0.25, -0.2) is 4.79 Å². The summed E-state index contributed by atoms with van der Waals surface area (Å²) in [7, 11) is 0. The lowest BCUT2D eigenvalue weighted by molar-refractivity contribution is 0.0954. The molecule has 2 N–H and O–H groups in total. The van der Waals surface area contributed by atoms with Crippen LogP contribution in [0.2, 0.25) is 0 Å². The normalized spacial score (nSPS) is 19.3. The van der Waals surface area contributed by atoms with Gasteiger partial charge in [0.1, 0.15) is 6.10 Å². The molecule has 1 fully saturated rings. The Morgan fingerprint density at radius 2 is 2.07 bits per heavy atom. The second-order valence-corrected chi connectivity index (χ2v) is 3.53. The Morgan fingerprint density at radius 1 is 1.33 bits per heavy atom. The van der Waals surface area contributed by atoms with E-state index in [1.807, 2.05) is 0 Å². The predicted octanol–water partition coefficient (Wildman–Crippen LogP) is 0.438. The fourth-order valence-corrected chi connectivity index (χ4v) is 1.57. The standard InChI is InChI=1S/C10H8N2O3/c13-9(8-4-15-8)5-1-2-6-7(3-5)12-10(14)11-6/h1-3,8H,4H2,(H2,11,12,14). The summed E-state index contributed by atoms with van der Waals surface area (Å²) in [6.07, 6.45) is -0.284. The summed E-state index contributed by atoms with van der Waals surface area (Å²) < 4.78 is 4.91. The zero-order chi connectivity index (χ0) is 10.4. The second-order valence-electron chi connectivity index (χ2n) is 3.53. The molecular formula is C10H8N2O3. The number of imidazole rings is 1. The maximum Gasteiger partial charge on any atom is 0.323 e. The maximum atomic E-state index is 11.6. The van der Waals surface area contributed by atoms with Crippen molar-refractivity contribution >= 4 is 16.8 Å². The lowest BCUT2D eigenvalue weighted by atomic mass is 10.1. The largest absolute Gasteiger partial charge is 0.364 e. The van der Waals surface area contributed by atoms with E-state index in [1.54, 1.807) is 18.2 Å². The van der Waals surface area contributed by atoms with Gasteiger partial charge in [-0.2, -0.15) is 0 Å². The van der Waals surface area contributed by atoms with E-state index in [1.165, 1.54) is 0 Å². The SMILES string of the molecule is O=C(c1ccc2[nH]c(=O)[nH]c2c1)C1CO1. The van der Waals surface area contributed by atoms with Crippen molar-refractivity contribution < 1.29 is 9.53 Å². The minimum atomic E-state index is -0.284. The number of Topliss-reactive ketones (excluding diaryl/α,β-unsaturated/α-hetero) is 1. The van der Waals surface area contributed by atoms with E-state index >= 15 is 0 Å². The zero-order valence-corrected chi connectivity index (χ0v) is 7.74. The summed E-state index contributed by atoms with van der Waals surface area (Å²) in [6.45, 7) is 0.501. The molecule has 1 atom stereocenters. The Hall–Kier alpha value is -1.88. The number of aromatic nitrogens is 2. The van der Waals surface area contributed by atoms with E-state index in [0.29, 0.717) is 23.2 Å². The fraction of sp³-hybridized carbons (Fsp3) is 0.200. The van der Waals surface area contributed by atoms with Gasteiger partial charge in [0, 0.05) is 5.56 Å². The molecule has 5 nitrogen and oxygen atoms in total. The monoisotopic (exact) mass is 204 g/mol. The van der Waals surface area contributed by atoms with Crippen molar-refractivity contribution in [3.63, 3.8) is 0 Å². The van der Waals surface area contributed by atoms with Crippen LogP contribution in [0.4, 0.5) is 0 Å². The quantitative estimate of drug-likeness (QED) is 0.550. The minimum Gasteiger partial charge on any atom is -0.364 e. The number of epoxide rings is 1. The Morgan fingerprint density at radius 3 is 2.80 bits per heavy atom. The molecule has 1 saturated heterocycles. The number of benzene rings is 1. The van der Waals surface area contributed by atoms with Crippen LogP contribution in [0.15, 0.2) is 23.0 Å². The molecule has 5 heteroatoms. The average Bonchev–Trinajstić information content (AvgIpc) is 2.98. The highest BCUT2D eigenvalue weighted by Gasteiger charge is 2.32. The molecule has 1 aromatic heterocycles. The van der Waals surface area contributed by atoms with E-state index in [0.717, 1.165) is 0 Å². The first-order valence-electron chi connectivity index (χ1n) is 4.62. The molecule has 0 aliphatic carbocycles. The van der Waals surface area contributed by atoms with Crippen molar-refractivity contribution in [3.05, 3.63) is 34.2 Å². The van der Waals surface area contributed by atoms with E-state index in [4.69, 9.17) is 4.74 Å². The van der Waals surface area contributed by atoms with Crippen LogP contribution < -0.4 is 5.69 Å². The summed E-state index contributed by atoms with van der Waals surface area (Å²) in [4.78, 5) is 27.9. The fourth-order valence-electron chi connectivity index (χ4n) is 1.57. The third kappa shape index (κ3) is 1.37. The van der Waals surface area contributed by atoms with Gasteiger partial charge in [-0.05, 0) is 18.2 Å². The Labute approximate surface area is 84.1 Å². The Bertz CT molecular complexity index is 592. The third-order valence-electron chi connectivity index (χ3n) is 2.43. The van der Waals surface area contributed by atoms with Gasteiger partial charge in [0.25, 0.3) is 0 Å². The number of aromatic amines is 2. The number of hydrogen-bond donors (Lipinski definition) is 2. The number of H-pyrrole nitrogens is 2. The number of ketones is 1. The molecule has 2 aromatic rings. The van der Waals surface area contributed by atoms with Gasteiger partial charge in [-0.1, -0.05) is 0 Å². The Kier molecular flexibility index (Phi) is 1.58. The molecule has 76 valence electrons. The number of carbonyl (C=O) groups is 1. The van der Waals surface area contributed by atoms with Crippen LogP contribution in [0.3, 0.4) is 0 Å². The molecule has 0 bridgehead atoms. The van der Waals surface area contributed by atoms with Crippen LogP contribution in [-0.2, 0) is 4.74 Å². The first-order chi connectivity index (χ1) is 7.24. The van der Waals surface area contributed by atoms with Crippen LogP contribution in [-0.4, -0.2) is 28.5 Å². The van der Waals surface area contributed by atoms with E-state index in [-0.39, 0.29) is 17.6 Å². The molecule has 1 aliphatic heterocycles. The van der Waals surface area contributed by atoms with Crippen molar-refractivity contribution in [2.24, 2.45) is 0 Å². The molecular weight excluding hydrogens is 196 g/mol. The molecule has 0 amide bonds. The van der Waals surface area contributed by atoms with Crippen molar-refractivity contribution in [2.45, 2.75) is 6.10 Å². The van der Waals surface area contributed by atoms with Gasteiger partial charge in [-0.15, -0.1) is 0 Å². The summed E-state index contributed by atoms with van der Waals surface area (Å²) in [5.41, 5.74) is 1.65. The van der Waals surface area contributed by atoms with Gasteiger partial charge in [-0.3, -0.25) is 4.79 Å². The van der Waals surface area contributed by atoms with E-state index < -0.39 is 0 Å². The number of nitrogens with one attached hydrogen (secondary N) is 2. The number of rotatable bonds is 2. The molecule has 1 unspecified atom stereocenters. The lowest BCUT2D eigenvalue weighted by Crippen LogP contribution is -2.06. The summed E-state index contributed by atoms with van der Waals surface area (Å²) in [6, 6.07) is 5.07. The number of hydrogen-bond acceptors (Lipinski definition) is 3. The first kappa shape index (κ1) is 8.43. The zero-order valence-electron chi connectivity index (χ0n) is 7.74. The predicted molar refractivity (Wildman–Crippen MR) is 53.0 cm³/mol. The highest BCUT2D eigenvalue weighted by Crippen LogP contribution is 2.18. The average molecular weight is 204 g/mol. The topological polar surface area (TPSA) is 78.2 Å². The molecule has 0 spiro atoms. The maximum absolute atomic E-state index is 11.6.